The second-order valence-corrected chi connectivity index (χ2v) is 9.03. The molecule has 0 aliphatic heterocycles. The SMILES string of the molecule is Cc1cccc(N(C)C(=O)Cn2c(=O)n(CCc3cccs3)c(=O)c3sccc32)c1. The Labute approximate surface area is 181 Å². The first-order valence-electron chi connectivity index (χ1n) is 9.52. The van der Waals surface area contributed by atoms with E-state index in [-0.39, 0.29) is 24.6 Å². The number of thiophene rings is 2. The molecule has 8 heteroatoms. The van der Waals surface area contributed by atoms with Crippen molar-refractivity contribution in [3.8, 4) is 0 Å². The van der Waals surface area contributed by atoms with Crippen molar-refractivity contribution in [2.24, 2.45) is 0 Å². The molecule has 1 amide bonds. The summed E-state index contributed by atoms with van der Waals surface area (Å²) in [5.41, 5.74) is 1.58. The van der Waals surface area contributed by atoms with Crippen molar-refractivity contribution < 1.29 is 4.79 Å². The minimum atomic E-state index is -0.451. The summed E-state index contributed by atoms with van der Waals surface area (Å²) in [4.78, 5) is 41.7. The normalized spacial score (nSPS) is 11.1. The smallest absolute Gasteiger partial charge is 0.314 e. The van der Waals surface area contributed by atoms with Crippen LogP contribution in [0.2, 0.25) is 0 Å². The number of carbonyl (C=O) groups is 1. The average Bonchev–Trinajstić information content (AvgIpc) is 3.42. The van der Waals surface area contributed by atoms with Crippen LogP contribution in [0, 0.1) is 6.92 Å². The molecular weight excluding hydrogens is 418 g/mol. The highest BCUT2D eigenvalue weighted by atomic mass is 32.1. The van der Waals surface area contributed by atoms with Gasteiger partial charge in [0.25, 0.3) is 5.56 Å². The lowest BCUT2D eigenvalue weighted by Crippen LogP contribution is -2.42. The Kier molecular flexibility index (Phi) is 5.69. The number of likely N-dealkylation sites (N-methyl/N-ethyl adjacent to an activating group) is 1. The Bertz CT molecular complexity index is 1320. The van der Waals surface area contributed by atoms with Crippen molar-refractivity contribution in [1.82, 2.24) is 9.13 Å². The van der Waals surface area contributed by atoms with Crippen LogP contribution in [-0.2, 0) is 24.3 Å². The monoisotopic (exact) mass is 439 g/mol. The highest BCUT2D eigenvalue weighted by molar-refractivity contribution is 7.17. The maximum absolute atomic E-state index is 13.2. The lowest BCUT2D eigenvalue weighted by molar-refractivity contribution is -0.118. The van der Waals surface area contributed by atoms with Gasteiger partial charge in [-0.3, -0.25) is 18.7 Å². The number of rotatable bonds is 6. The van der Waals surface area contributed by atoms with E-state index in [2.05, 4.69) is 0 Å². The van der Waals surface area contributed by atoms with Gasteiger partial charge >= 0.3 is 5.69 Å². The molecule has 4 rings (SSSR count). The molecule has 0 saturated carbocycles. The summed E-state index contributed by atoms with van der Waals surface area (Å²) in [7, 11) is 1.69. The van der Waals surface area contributed by atoms with Gasteiger partial charge in [0.2, 0.25) is 5.91 Å². The van der Waals surface area contributed by atoms with Gasteiger partial charge in [-0.25, -0.2) is 4.79 Å². The first-order chi connectivity index (χ1) is 14.5. The van der Waals surface area contributed by atoms with Crippen LogP contribution in [0.15, 0.2) is 62.8 Å². The average molecular weight is 440 g/mol. The van der Waals surface area contributed by atoms with Gasteiger partial charge in [-0.1, -0.05) is 18.2 Å². The minimum absolute atomic E-state index is 0.129. The molecule has 0 fully saturated rings. The van der Waals surface area contributed by atoms with Crippen LogP contribution in [0.1, 0.15) is 10.4 Å². The maximum atomic E-state index is 13.2. The molecule has 0 aliphatic rings. The quantitative estimate of drug-likeness (QED) is 0.462. The van der Waals surface area contributed by atoms with Crippen LogP contribution in [-0.4, -0.2) is 22.1 Å². The molecule has 0 aliphatic carbocycles. The largest absolute Gasteiger partial charge is 0.332 e. The molecule has 0 unspecified atom stereocenters. The minimum Gasteiger partial charge on any atom is -0.314 e. The van der Waals surface area contributed by atoms with Crippen LogP contribution >= 0.6 is 22.7 Å². The molecule has 6 nitrogen and oxygen atoms in total. The number of amides is 1. The Balaban J connectivity index is 1.69. The zero-order valence-electron chi connectivity index (χ0n) is 16.7. The lowest BCUT2D eigenvalue weighted by atomic mass is 10.2. The van der Waals surface area contributed by atoms with Crippen LogP contribution in [0.3, 0.4) is 0 Å². The lowest BCUT2D eigenvalue weighted by Gasteiger charge is -2.19. The van der Waals surface area contributed by atoms with E-state index in [0.29, 0.717) is 16.6 Å². The van der Waals surface area contributed by atoms with Gasteiger partial charge in [-0.15, -0.1) is 22.7 Å². The molecule has 0 spiro atoms. The highest BCUT2D eigenvalue weighted by Gasteiger charge is 2.19. The standard InChI is InChI=1S/C22H21N3O3S2/c1-15-5-3-6-16(13-15)23(2)19(26)14-25-18-9-12-30-20(18)21(27)24(22(25)28)10-8-17-7-4-11-29-17/h3-7,9,11-13H,8,10,14H2,1-2H3. The Morgan fingerprint density at radius 3 is 2.60 bits per heavy atom. The van der Waals surface area contributed by atoms with Gasteiger partial charge in [0.05, 0.1) is 5.52 Å². The van der Waals surface area contributed by atoms with Gasteiger partial charge in [-0.05, 0) is 53.9 Å². The molecule has 0 radical (unpaired) electrons. The third kappa shape index (κ3) is 3.88. The summed E-state index contributed by atoms with van der Waals surface area (Å²) in [6.45, 7) is 2.12. The van der Waals surface area contributed by atoms with E-state index in [1.54, 1.807) is 34.7 Å². The second kappa shape index (κ2) is 8.41. The number of aromatic nitrogens is 2. The molecule has 1 aromatic carbocycles. The van der Waals surface area contributed by atoms with Crippen LogP contribution in [0.4, 0.5) is 5.69 Å². The predicted molar refractivity (Wildman–Crippen MR) is 123 cm³/mol. The fraction of sp³-hybridized carbons (Fsp3) is 0.227. The van der Waals surface area contributed by atoms with Crippen molar-refractivity contribution in [1.29, 1.82) is 0 Å². The van der Waals surface area contributed by atoms with E-state index < -0.39 is 5.69 Å². The molecule has 3 heterocycles. The molecule has 154 valence electrons. The van der Waals surface area contributed by atoms with E-state index in [0.717, 1.165) is 16.1 Å². The van der Waals surface area contributed by atoms with Crippen molar-refractivity contribution in [3.05, 3.63) is 84.5 Å². The first kappa shape index (κ1) is 20.3. The fourth-order valence-electron chi connectivity index (χ4n) is 3.38. The van der Waals surface area contributed by atoms with Gasteiger partial charge in [-0.2, -0.15) is 0 Å². The van der Waals surface area contributed by atoms with E-state index >= 15 is 0 Å². The third-order valence-corrected chi connectivity index (χ3v) is 6.88. The first-order valence-corrected chi connectivity index (χ1v) is 11.3. The zero-order chi connectivity index (χ0) is 21.3. The Morgan fingerprint density at radius 2 is 1.87 bits per heavy atom. The third-order valence-electron chi connectivity index (χ3n) is 5.05. The molecule has 0 saturated heterocycles. The second-order valence-electron chi connectivity index (χ2n) is 7.08. The summed E-state index contributed by atoms with van der Waals surface area (Å²) >= 11 is 2.89. The number of carbonyl (C=O) groups excluding carboxylic acids is 1. The number of hydrogen-bond acceptors (Lipinski definition) is 5. The zero-order valence-corrected chi connectivity index (χ0v) is 18.3. The number of fused-ring (bicyclic) bond motifs is 1. The predicted octanol–water partition coefficient (Wildman–Crippen LogP) is 3.50. The fourth-order valence-corrected chi connectivity index (χ4v) is 4.92. The molecule has 30 heavy (non-hydrogen) atoms. The summed E-state index contributed by atoms with van der Waals surface area (Å²) < 4.78 is 3.15. The van der Waals surface area contributed by atoms with E-state index in [9.17, 15) is 14.4 Å². The number of hydrogen-bond donors (Lipinski definition) is 0. The topological polar surface area (TPSA) is 64.3 Å². The van der Waals surface area contributed by atoms with Gasteiger partial charge in [0.15, 0.2) is 0 Å². The summed E-state index contributed by atoms with van der Waals surface area (Å²) in [6.07, 6.45) is 0.598. The van der Waals surface area contributed by atoms with Crippen LogP contribution < -0.4 is 16.1 Å². The number of anilines is 1. The van der Waals surface area contributed by atoms with Crippen molar-refractivity contribution in [2.45, 2.75) is 26.4 Å². The van der Waals surface area contributed by atoms with Crippen molar-refractivity contribution >= 4 is 44.5 Å². The summed E-state index contributed by atoms with van der Waals surface area (Å²) in [6, 6.07) is 13.3. The van der Waals surface area contributed by atoms with Gasteiger partial charge < -0.3 is 4.90 Å². The number of nitrogens with zero attached hydrogens (tertiary/aromatic N) is 3. The van der Waals surface area contributed by atoms with Gasteiger partial charge in [0.1, 0.15) is 11.2 Å². The van der Waals surface area contributed by atoms with Gasteiger partial charge in [0, 0.05) is 24.2 Å². The number of aryl methyl sites for hydroxylation is 2. The van der Waals surface area contributed by atoms with Crippen molar-refractivity contribution in [2.75, 3.05) is 11.9 Å². The van der Waals surface area contributed by atoms with Crippen molar-refractivity contribution in [3.63, 3.8) is 0 Å². The molecular formula is C22H21N3O3S2. The summed E-state index contributed by atoms with van der Waals surface area (Å²) in [5.74, 6) is -0.223. The van der Waals surface area contributed by atoms with E-state index in [4.69, 9.17) is 0 Å². The molecule has 3 aromatic heterocycles. The summed E-state index contributed by atoms with van der Waals surface area (Å²) in [5, 5.41) is 3.75. The Hall–Kier alpha value is -2.97. The van der Waals surface area contributed by atoms with E-state index in [1.807, 2.05) is 48.7 Å². The maximum Gasteiger partial charge on any atom is 0.332 e. The highest BCUT2D eigenvalue weighted by Crippen LogP contribution is 2.18. The van der Waals surface area contributed by atoms with Crippen LogP contribution in [0.5, 0.6) is 0 Å². The van der Waals surface area contributed by atoms with E-state index in [1.165, 1.54) is 20.5 Å². The molecule has 0 N–H and O–H groups in total. The molecule has 0 atom stereocenters. The number of benzene rings is 1. The molecule has 4 aromatic rings. The molecule has 0 bridgehead atoms. The van der Waals surface area contributed by atoms with Crippen LogP contribution in [0.25, 0.3) is 10.2 Å². The Morgan fingerprint density at radius 1 is 1.03 bits per heavy atom.